The lowest BCUT2D eigenvalue weighted by molar-refractivity contribution is -0.154. The topological polar surface area (TPSA) is 92.8 Å². The van der Waals surface area contributed by atoms with Gasteiger partial charge in [-0.3, -0.25) is 24.1 Å². The summed E-state index contributed by atoms with van der Waals surface area (Å²) in [7, 11) is 0. The van der Waals surface area contributed by atoms with Crippen LogP contribution in [0.2, 0.25) is 0 Å². The molecule has 1 N–H and O–H groups in total. The summed E-state index contributed by atoms with van der Waals surface area (Å²) >= 11 is 3.43. The third-order valence-corrected chi connectivity index (χ3v) is 7.07. The molecule has 1 aromatic rings. The first-order valence-electron chi connectivity index (χ1n) is 9.52. The van der Waals surface area contributed by atoms with Crippen LogP contribution in [0.4, 0.5) is 5.69 Å². The Morgan fingerprint density at radius 1 is 1.10 bits per heavy atom. The normalized spacial score (nSPS) is 26.8. The Morgan fingerprint density at radius 3 is 2.34 bits per heavy atom. The van der Waals surface area contributed by atoms with E-state index in [1.165, 1.54) is 0 Å². The van der Waals surface area contributed by atoms with Crippen LogP contribution in [0, 0.1) is 37.5 Å². The summed E-state index contributed by atoms with van der Waals surface area (Å²) in [5.74, 6) is -2.39. The van der Waals surface area contributed by atoms with Crippen LogP contribution >= 0.6 is 15.9 Å². The van der Waals surface area contributed by atoms with Gasteiger partial charge in [-0.05, 0) is 55.4 Å². The molecule has 8 heteroatoms. The summed E-state index contributed by atoms with van der Waals surface area (Å²) in [6.07, 6.45) is 4.82. The molecular formula is C21H21BrN2O5. The zero-order valence-corrected chi connectivity index (χ0v) is 17.7. The van der Waals surface area contributed by atoms with E-state index in [4.69, 9.17) is 4.74 Å². The molecule has 2 bridgehead atoms. The molecule has 1 aromatic carbocycles. The van der Waals surface area contributed by atoms with Crippen LogP contribution in [0.5, 0.6) is 0 Å². The van der Waals surface area contributed by atoms with Crippen LogP contribution in [-0.2, 0) is 23.9 Å². The van der Waals surface area contributed by atoms with Crippen LogP contribution < -0.4 is 5.32 Å². The second-order valence-electron chi connectivity index (χ2n) is 7.82. The number of rotatable bonds is 5. The van der Waals surface area contributed by atoms with Gasteiger partial charge in [-0.15, -0.1) is 0 Å². The van der Waals surface area contributed by atoms with Gasteiger partial charge in [-0.25, -0.2) is 0 Å². The molecule has 3 amide bonds. The van der Waals surface area contributed by atoms with E-state index in [-0.39, 0.29) is 35.5 Å². The average Bonchev–Trinajstić information content (AvgIpc) is 3.37. The minimum atomic E-state index is -0.772. The smallest absolute Gasteiger partial charge is 0.326 e. The quantitative estimate of drug-likeness (QED) is 0.413. The predicted molar refractivity (Wildman–Crippen MR) is 108 cm³/mol. The molecule has 2 aliphatic carbocycles. The lowest BCUT2D eigenvalue weighted by atomic mass is 9.85. The van der Waals surface area contributed by atoms with Crippen molar-refractivity contribution in [1.82, 2.24) is 4.90 Å². The maximum absolute atomic E-state index is 12.6. The number of allylic oxidation sites excluding steroid dienone is 2. The molecule has 4 atom stereocenters. The molecule has 29 heavy (non-hydrogen) atoms. The molecule has 4 rings (SSSR count). The standard InChI is InChI=1S/C21H21BrN2O5/c1-10-11(2)15(6-5-14(10)22)23-16(25)9-29-17(26)8-24-20(27)18-12-3-4-13(7-12)19(18)21(24)28/h3-6,12-13,18-19H,7-9H2,1-2H3,(H,23,25)/t12-,13-,18-,19+/m0/s1. The maximum atomic E-state index is 12.6. The number of hydrogen-bond acceptors (Lipinski definition) is 5. The molecular weight excluding hydrogens is 440 g/mol. The zero-order valence-electron chi connectivity index (χ0n) is 16.1. The minimum Gasteiger partial charge on any atom is -0.454 e. The number of carbonyl (C=O) groups excluding carboxylic acids is 4. The van der Waals surface area contributed by atoms with Crippen molar-refractivity contribution in [2.75, 3.05) is 18.5 Å². The van der Waals surface area contributed by atoms with Crippen molar-refractivity contribution in [1.29, 1.82) is 0 Å². The number of likely N-dealkylation sites (tertiary alicyclic amines) is 1. The van der Waals surface area contributed by atoms with E-state index >= 15 is 0 Å². The van der Waals surface area contributed by atoms with E-state index in [1.807, 2.05) is 32.1 Å². The number of ether oxygens (including phenoxy) is 1. The van der Waals surface area contributed by atoms with Gasteiger partial charge in [0.15, 0.2) is 6.61 Å². The molecule has 1 saturated carbocycles. The third kappa shape index (κ3) is 3.39. The molecule has 2 fully saturated rings. The van der Waals surface area contributed by atoms with Gasteiger partial charge in [0.2, 0.25) is 11.8 Å². The van der Waals surface area contributed by atoms with Gasteiger partial charge < -0.3 is 10.1 Å². The summed E-state index contributed by atoms with van der Waals surface area (Å²) in [4.78, 5) is 50.4. The Labute approximate surface area is 176 Å². The largest absolute Gasteiger partial charge is 0.454 e. The first-order valence-corrected chi connectivity index (χ1v) is 10.3. The van der Waals surface area contributed by atoms with Crippen molar-refractivity contribution in [3.8, 4) is 0 Å². The van der Waals surface area contributed by atoms with Crippen LogP contribution in [0.15, 0.2) is 28.8 Å². The van der Waals surface area contributed by atoms with Crippen LogP contribution in [0.1, 0.15) is 17.5 Å². The fraction of sp³-hybridized carbons (Fsp3) is 0.429. The molecule has 1 saturated heterocycles. The highest BCUT2D eigenvalue weighted by molar-refractivity contribution is 9.10. The highest BCUT2D eigenvalue weighted by Crippen LogP contribution is 2.52. The van der Waals surface area contributed by atoms with Crippen molar-refractivity contribution in [2.24, 2.45) is 23.7 Å². The number of nitrogens with one attached hydrogen (secondary N) is 1. The Balaban J connectivity index is 1.31. The molecule has 152 valence electrons. The van der Waals surface area contributed by atoms with E-state index < -0.39 is 25.0 Å². The molecule has 0 spiro atoms. The van der Waals surface area contributed by atoms with Gasteiger partial charge in [-0.2, -0.15) is 0 Å². The minimum absolute atomic E-state index is 0.0888. The SMILES string of the molecule is Cc1c(Br)ccc(NC(=O)COC(=O)CN2C(=O)[C@@H]3[C@H](C2=O)[C@H]2C=C[C@H]3C2)c1C. The van der Waals surface area contributed by atoms with E-state index in [0.717, 1.165) is 26.9 Å². The van der Waals surface area contributed by atoms with E-state index in [1.54, 1.807) is 6.07 Å². The molecule has 7 nitrogen and oxygen atoms in total. The van der Waals surface area contributed by atoms with Gasteiger partial charge >= 0.3 is 5.97 Å². The van der Waals surface area contributed by atoms with E-state index in [9.17, 15) is 19.2 Å². The Morgan fingerprint density at radius 2 is 1.72 bits per heavy atom. The Hall–Kier alpha value is -2.48. The number of imide groups is 1. The first kappa shape index (κ1) is 19.8. The highest BCUT2D eigenvalue weighted by Gasteiger charge is 2.59. The second kappa shape index (κ2) is 7.40. The number of halogens is 1. The van der Waals surface area contributed by atoms with Crippen molar-refractivity contribution in [2.45, 2.75) is 20.3 Å². The number of amides is 3. The summed E-state index contributed by atoms with van der Waals surface area (Å²) < 4.78 is 5.94. The second-order valence-corrected chi connectivity index (χ2v) is 8.67. The first-order chi connectivity index (χ1) is 13.8. The lowest BCUT2D eigenvalue weighted by Gasteiger charge is -2.16. The molecule has 0 radical (unpaired) electrons. The van der Waals surface area contributed by atoms with Crippen LogP contribution in [0.3, 0.4) is 0 Å². The highest BCUT2D eigenvalue weighted by atomic mass is 79.9. The van der Waals surface area contributed by atoms with Crippen molar-refractivity contribution in [3.05, 3.63) is 39.9 Å². The number of fused-ring (bicyclic) bond motifs is 5. The number of carbonyl (C=O) groups is 4. The van der Waals surface area contributed by atoms with Gasteiger partial charge in [0, 0.05) is 10.2 Å². The summed E-state index contributed by atoms with van der Waals surface area (Å²) in [5.41, 5.74) is 2.54. The number of anilines is 1. The fourth-order valence-corrected chi connectivity index (χ4v) is 4.98. The van der Waals surface area contributed by atoms with Crippen molar-refractivity contribution in [3.63, 3.8) is 0 Å². The summed E-state index contributed by atoms with van der Waals surface area (Å²) in [6.45, 7) is 2.87. The molecule has 1 heterocycles. The van der Waals surface area contributed by atoms with Crippen molar-refractivity contribution < 1.29 is 23.9 Å². The fourth-order valence-electron chi connectivity index (χ4n) is 4.55. The summed E-state index contributed by atoms with van der Waals surface area (Å²) in [5, 5.41) is 2.70. The molecule has 0 unspecified atom stereocenters. The predicted octanol–water partition coefficient (Wildman–Crippen LogP) is 2.35. The monoisotopic (exact) mass is 460 g/mol. The number of benzene rings is 1. The van der Waals surface area contributed by atoms with Gasteiger partial charge in [-0.1, -0.05) is 28.1 Å². The van der Waals surface area contributed by atoms with E-state index in [0.29, 0.717) is 5.69 Å². The Kier molecular flexibility index (Phi) is 5.06. The summed E-state index contributed by atoms with van der Waals surface area (Å²) in [6, 6.07) is 3.59. The zero-order chi connectivity index (χ0) is 20.9. The Bertz CT molecular complexity index is 927. The third-order valence-electron chi connectivity index (χ3n) is 6.21. The van der Waals surface area contributed by atoms with Gasteiger partial charge in [0.1, 0.15) is 6.54 Å². The van der Waals surface area contributed by atoms with E-state index in [2.05, 4.69) is 21.2 Å². The van der Waals surface area contributed by atoms with Crippen molar-refractivity contribution >= 4 is 45.3 Å². The molecule has 0 aromatic heterocycles. The van der Waals surface area contributed by atoms with Crippen LogP contribution in [-0.4, -0.2) is 41.7 Å². The number of esters is 1. The lowest BCUT2D eigenvalue weighted by Crippen LogP contribution is -2.38. The maximum Gasteiger partial charge on any atom is 0.326 e. The van der Waals surface area contributed by atoms with Gasteiger partial charge in [0.25, 0.3) is 5.91 Å². The number of nitrogens with zero attached hydrogens (tertiary/aromatic N) is 1. The molecule has 3 aliphatic rings. The molecule has 1 aliphatic heterocycles. The average molecular weight is 461 g/mol. The van der Waals surface area contributed by atoms with Gasteiger partial charge in [0.05, 0.1) is 11.8 Å². The van der Waals surface area contributed by atoms with Crippen LogP contribution in [0.25, 0.3) is 0 Å². The number of hydrogen-bond donors (Lipinski definition) is 1.